The van der Waals surface area contributed by atoms with E-state index < -0.39 is 0 Å². The highest BCUT2D eigenvalue weighted by molar-refractivity contribution is 5.87. The molecule has 0 aromatic heterocycles. The molecule has 1 rings (SSSR count). The molecule has 0 aromatic rings. The van der Waals surface area contributed by atoms with E-state index in [0.29, 0.717) is 6.04 Å². The Labute approximate surface area is 130 Å². The van der Waals surface area contributed by atoms with Gasteiger partial charge in [-0.25, -0.2) is 0 Å². The molecule has 1 heterocycles. The molecule has 4 nitrogen and oxygen atoms in total. The highest BCUT2D eigenvalue weighted by atomic mass is 16.1. The number of amides is 1. The number of hydrogen-bond acceptors (Lipinski definition) is 3. The van der Waals surface area contributed by atoms with Crippen molar-refractivity contribution in [1.82, 2.24) is 15.5 Å². The number of likely N-dealkylation sites (tertiary alicyclic amines) is 1. The molecular weight excluding hydrogens is 262 g/mol. The maximum Gasteiger partial charge on any atom is 0.244 e. The number of rotatable bonds is 4. The molecule has 21 heavy (non-hydrogen) atoms. The van der Waals surface area contributed by atoms with Gasteiger partial charge < -0.3 is 10.6 Å². The van der Waals surface area contributed by atoms with Crippen LogP contribution in [0.1, 0.15) is 54.4 Å². The van der Waals surface area contributed by atoms with Crippen LogP contribution in [0, 0.1) is 0 Å². The van der Waals surface area contributed by atoms with Crippen LogP contribution in [0.15, 0.2) is 12.2 Å². The van der Waals surface area contributed by atoms with E-state index in [1.165, 1.54) is 12.8 Å². The molecule has 0 atom stereocenters. The standard InChI is InChI=1S/C17H33N3O/c1-16(2,3)18-14-9-12-20(13-10-14)11-7-8-15(21)19-17(4,5)6/h7-8,14,18H,9-13H2,1-6H3,(H,19,21)/b8-7+. The van der Waals surface area contributed by atoms with Crippen LogP contribution >= 0.6 is 0 Å². The van der Waals surface area contributed by atoms with Crippen molar-refractivity contribution >= 4 is 5.91 Å². The summed E-state index contributed by atoms with van der Waals surface area (Å²) in [6.07, 6.45) is 5.99. The average Bonchev–Trinajstić information content (AvgIpc) is 2.27. The summed E-state index contributed by atoms with van der Waals surface area (Å²) in [5.41, 5.74) is 0.0240. The third-order valence-corrected chi connectivity index (χ3v) is 3.36. The van der Waals surface area contributed by atoms with Crippen LogP contribution in [0.2, 0.25) is 0 Å². The second-order valence-electron chi connectivity index (χ2n) is 8.11. The summed E-state index contributed by atoms with van der Waals surface area (Å²) in [6, 6.07) is 0.620. The summed E-state index contributed by atoms with van der Waals surface area (Å²) in [6.45, 7) is 15.7. The van der Waals surface area contributed by atoms with Gasteiger partial charge in [0.05, 0.1) is 0 Å². The predicted molar refractivity (Wildman–Crippen MR) is 89.4 cm³/mol. The largest absolute Gasteiger partial charge is 0.348 e. The molecular formula is C17H33N3O. The Morgan fingerprint density at radius 2 is 1.67 bits per heavy atom. The van der Waals surface area contributed by atoms with Crippen LogP contribution in [0.5, 0.6) is 0 Å². The Kier molecular flexibility index (Phi) is 6.41. The van der Waals surface area contributed by atoms with Crippen molar-refractivity contribution in [3.63, 3.8) is 0 Å². The third-order valence-electron chi connectivity index (χ3n) is 3.36. The van der Waals surface area contributed by atoms with E-state index in [4.69, 9.17) is 0 Å². The van der Waals surface area contributed by atoms with Crippen LogP contribution in [0.3, 0.4) is 0 Å². The highest BCUT2D eigenvalue weighted by Crippen LogP contribution is 2.13. The van der Waals surface area contributed by atoms with Crippen LogP contribution in [-0.4, -0.2) is 47.6 Å². The summed E-state index contributed by atoms with van der Waals surface area (Å²) in [5, 5.41) is 6.61. The Bertz CT molecular complexity index is 355. The fourth-order valence-electron chi connectivity index (χ4n) is 2.59. The number of carbonyl (C=O) groups excluding carboxylic acids is 1. The van der Waals surface area contributed by atoms with Gasteiger partial charge in [-0.3, -0.25) is 9.69 Å². The van der Waals surface area contributed by atoms with Crippen molar-refractivity contribution in [2.45, 2.75) is 71.5 Å². The lowest BCUT2D eigenvalue weighted by molar-refractivity contribution is -0.117. The number of nitrogens with one attached hydrogen (secondary N) is 2. The van der Waals surface area contributed by atoms with Gasteiger partial charge >= 0.3 is 0 Å². The van der Waals surface area contributed by atoms with Crippen molar-refractivity contribution in [3.8, 4) is 0 Å². The van der Waals surface area contributed by atoms with Gasteiger partial charge in [-0.2, -0.15) is 0 Å². The Morgan fingerprint density at radius 3 is 2.14 bits per heavy atom. The summed E-state index contributed by atoms with van der Waals surface area (Å²) < 4.78 is 0. The molecule has 1 saturated heterocycles. The molecule has 2 N–H and O–H groups in total. The summed E-state index contributed by atoms with van der Waals surface area (Å²) in [7, 11) is 0. The van der Waals surface area contributed by atoms with E-state index in [0.717, 1.165) is 19.6 Å². The van der Waals surface area contributed by atoms with E-state index >= 15 is 0 Å². The monoisotopic (exact) mass is 295 g/mol. The zero-order chi connectivity index (χ0) is 16.1. The Balaban J connectivity index is 2.26. The zero-order valence-electron chi connectivity index (χ0n) is 14.6. The van der Waals surface area contributed by atoms with Crippen molar-refractivity contribution in [2.75, 3.05) is 19.6 Å². The molecule has 0 spiro atoms. The Morgan fingerprint density at radius 1 is 1.10 bits per heavy atom. The minimum absolute atomic E-state index is 0.00761. The third kappa shape index (κ3) is 8.89. The van der Waals surface area contributed by atoms with E-state index in [1.54, 1.807) is 6.08 Å². The lowest BCUT2D eigenvalue weighted by atomic mass is 10.00. The zero-order valence-corrected chi connectivity index (χ0v) is 14.6. The van der Waals surface area contributed by atoms with Crippen molar-refractivity contribution in [3.05, 3.63) is 12.2 Å². The number of hydrogen-bond donors (Lipinski definition) is 2. The summed E-state index contributed by atoms with van der Waals surface area (Å²) in [5.74, 6) is -0.00761. The number of piperidine rings is 1. The predicted octanol–water partition coefficient (Wildman–Crippen LogP) is 2.31. The van der Waals surface area contributed by atoms with E-state index in [-0.39, 0.29) is 17.0 Å². The highest BCUT2D eigenvalue weighted by Gasteiger charge is 2.22. The van der Waals surface area contributed by atoms with Gasteiger partial charge in [0.1, 0.15) is 0 Å². The molecule has 0 aliphatic carbocycles. The van der Waals surface area contributed by atoms with Crippen LogP contribution in [0.25, 0.3) is 0 Å². The quantitative estimate of drug-likeness (QED) is 0.782. The topological polar surface area (TPSA) is 44.4 Å². The number of nitrogens with zero attached hydrogens (tertiary/aromatic N) is 1. The fraction of sp³-hybridized carbons (Fsp3) is 0.824. The van der Waals surface area contributed by atoms with E-state index in [2.05, 4.69) is 36.3 Å². The van der Waals surface area contributed by atoms with Gasteiger partial charge in [-0.05, 0) is 67.5 Å². The van der Waals surface area contributed by atoms with Crippen LogP contribution in [-0.2, 0) is 4.79 Å². The van der Waals surface area contributed by atoms with Gasteiger partial charge in [-0.15, -0.1) is 0 Å². The molecule has 0 aromatic carbocycles. The van der Waals surface area contributed by atoms with Crippen molar-refractivity contribution in [2.24, 2.45) is 0 Å². The average molecular weight is 295 g/mol. The molecule has 1 amide bonds. The normalized spacial score (nSPS) is 19.1. The van der Waals surface area contributed by atoms with Crippen LogP contribution in [0.4, 0.5) is 0 Å². The SMILES string of the molecule is CC(C)(C)NC(=O)/C=C/CN1CCC(NC(C)(C)C)CC1. The van der Waals surface area contributed by atoms with Crippen LogP contribution < -0.4 is 10.6 Å². The van der Waals surface area contributed by atoms with Gasteiger partial charge in [-0.1, -0.05) is 6.08 Å². The van der Waals surface area contributed by atoms with E-state index in [1.807, 2.05) is 26.8 Å². The first-order chi connectivity index (χ1) is 9.55. The van der Waals surface area contributed by atoms with E-state index in [9.17, 15) is 4.79 Å². The maximum atomic E-state index is 11.7. The molecule has 0 saturated carbocycles. The van der Waals surface area contributed by atoms with Gasteiger partial charge in [0.15, 0.2) is 0 Å². The van der Waals surface area contributed by atoms with Crippen molar-refractivity contribution in [1.29, 1.82) is 0 Å². The van der Waals surface area contributed by atoms with Gasteiger partial charge in [0.2, 0.25) is 5.91 Å². The summed E-state index contributed by atoms with van der Waals surface area (Å²) >= 11 is 0. The first kappa shape index (κ1) is 18.2. The molecule has 1 aliphatic heterocycles. The molecule has 4 heteroatoms. The lowest BCUT2D eigenvalue weighted by Crippen LogP contribution is -2.49. The minimum Gasteiger partial charge on any atom is -0.348 e. The fourth-order valence-corrected chi connectivity index (χ4v) is 2.59. The maximum absolute atomic E-state index is 11.7. The molecule has 0 radical (unpaired) electrons. The van der Waals surface area contributed by atoms with Crippen molar-refractivity contribution < 1.29 is 4.79 Å². The Hall–Kier alpha value is -0.870. The number of carbonyl (C=O) groups is 1. The lowest BCUT2D eigenvalue weighted by Gasteiger charge is -2.35. The smallest absolute Gasteiger partial charge is 0.244 e. The second-order valence-corrected chi connectivity index (χ2v) is 8.11. The summed E-state index contributed by atoms with van der Waals surface area (Å²) in [4.78, 5) is 14.1. The minimum atomic E-state index is -0.168. The molecule has 1 aliphatic rings. The first-order valence-electron chi connectivity index (χ1n) is 8.04. The molecule has 122 valence electrons. The van der Waals surface area contributed by atoms with Gasteiger partial charge in [0, 0.05) is 29.7 Å². The first-order valence-corrected chi connectivity index (χ1v) is 8.04. The molecule has 0 bridgehead atoms. The second kappa shape index (κ2) is 7.41. The molecule has 0 unspecified atom stereocenters. The molecule has 1 fully saturated rings. The van der Waals surface area contributed by atoms with Gasteiger partial charge in [0.25, 0.3) is 0 Å².